The molecule has 0 amide bonds. The highest BCUT2D eigenvalue weighted by Gasteiger charge is 2.18. The summed E-state index contributed by atoms with van der Waals surface area (Å²) in [6.07, 6.45) is 5.40. The molecular weight excluding hydrogens is 456 g/mol. The Kier molecular flexibility index (Phi) is 4.60. The summed E-state index contributed by atoms with van der Waals surface area (Å²) in [4.78, 5) is 25.0. The number of imidazole rings is 1. The lowest BCUT2D eigenvalue weighted by atomic mass is 10.1. The summed E-state index contributed by atoms with van der Waals surface area (Å²) < 4.78 is 0.711. The molecule has 0 bridgehead atoms. The average Bonchev–Trinajstić information content (AvgIpc) is 3.55. The first kappa shape index (κ1) is 19.8. The number of hydrogen-bond acceptors (Lipinski definition) is 7. The summed E-state index contributed by atoms with van der Waals surface area (Å²) in [5.74, 6) is 0.623. The van der Waals surface area contributed by atoms with E-state index in [0.29, 0.717) is 15.9 Å². The van der Waals surface area contributed by atoms with Crippen molar-refractivity contribution in [1.29, 1.82) is 0 Å². The monoisotopic (exact) mass is 472 g/mol. The van der Waals surface area contributed by atoms with Crippen molar-refractivity contribution in [3.8, 4) is 33.3 Å². The number of H-pyrrole nitrogens is 2. The Balaban J connectivity index is 1.48. The van der Waals surface area contributed by atoms with Gasteiger partial charge in [0.2, 0.25) is 0 Å². The molecule has 0 saturated heterocycles. The van der Waals surface area contributed by atoms with Gasteiger partial charge in [-0.15, -0.1) is 11.3 Å². The van der Waals surface area contributed by atoms with Crippen LogP contribution in [-0.4, -0.2) is 49.2 Å². The Morgan fingerprint density at radius 1 is 0.939 bits per heavy atom. The van der Waals surface area contributed by atoms with Crippen LogP contribution in [0.15, 0.2) is 55.0 Å². The maximum atomic E-state index is 6.14. The minimum absolute atomic E-state index is 0.623. The molecule has 33 heavy (non-hydrogen) atoms. The standard InChI is InChI=1S/C23H17ClN8S/c1-32(2)13-9-12(10-25-11-13)14-3-4-16-20(27-14)22(31-30-16)23-28-15-7-8-26-21(19(15)29-23)17-5-6-18(24)33-17/h3-11H,1-2H3,(H,28,29)(H,30,31). The normalized spacial score (nSPS) is 11.5. The molecule has 0 unspecified atom stereocenters. The molecule has 2 N–H and O–H groups in total. The number of aromatic amines is 2. The van der Waals surface area contributed by atoms with Crippen LogP contribution in [-0.2, 0) is 0 Å². The zero-order chi connectivity index (χ0) is 22.5. The van der Waals surface area contributed by atoms with Gasteiger partial charge in [-0.25, -0.2) is 9.97 Å². The number of aromatic nitrogens is 7. The smallest absolute Gasteiger partial charge is 0.161 e. The van der Waals surface area contributed by atoms with Crippen molar-refractivity contribution in [1.82, 2.24) is 35.1 Å². The summed E-state index contributed by atoms with van der Waals surface area (Å²) >= 11 is 7.61. The molecule has 0 saturated carbocycles. The van der Waals surface area contributed by atoms with Gasteiger partial charge in [-0.2, -0.15) is 5.10 Å². The number of fused-ring (bicyclic) bond motifs is 2. The Labute approximate surface area is 197 Å². The number of pyridine rings is 3. The predicted molar refractivity (Wildman–Crippen MR) is 133 cm³/mol. The van der Waals surface area contributed by atoms with Gasteiger partial charge in [-0.1, -0.05) is 11.6 Å². The van der Waals surface area contributed by atoms with Gasteiger partial charge in [0.15, 0.2) is 11.5 Å². The topological polar surface area (TPSA) is 99.3 Å². The predicted octanol–water partition coefficient (Wildman–Crippen LogP) is 5.41. The van der Waals surface area contributed by atoms with Gasteiger partial charge in [0.05, 0.1) is 37.8 Å². The van der Waals surface area contributed by atoms with E-state index < -0.39 is 0 Å². The summed E-state index contributed by atoms with van der Waals surface area (Å²) in [7, 11) is 3.97. The second kappa shape index (κ2) is 7.65. The fourth-order valence-electron chi connectivity index (χ4n) is 3.71. The fourth-order valence-corrected chi connectivity index (χ4v) is 4.75. The van der Waals surface area contributed by atoms with Crippen molar-refractivity contribution >= 4 is 50.7 Å². The molecule has 0 atom stereocenters. The molecule has 0 radical (unpaired) electrons. The average molecular weight is 473 g/mol. The molecule has 162 valence electrons. The van der Waals surface area contributed by atoms with Crippen LogP contribution in [0, 0.1) is 0 Å². The Hall–Kier alpha value is -3.82. The van der Waals surface area contributed by atoms with Crippen molar-refractivity contribution in [3.63, 3.8) is 0 Å². The Morgan fingerprint density at radius 3 is 2.64 bits per heavy atom. The molecule has 6 heterocycles. The van der Waals surface area contributed by atoms with Crippen LogP contribution in [0.3, 0.4) is 0 Å². The number of rotatable bonds is 4. The number of halogens is 1. The summed E-state index contributed by atoms with van der Waals surface area (Å²) in [5.41, 5.74) is 7.38. The van der Waals surface area contributed by atoms with Crippen molar-refractivity contribution in [2.75, 3.05) is 19.0 Å². The molecular formula is C23H17ClN8S. The maximum absolute atomic E-state index is 6.14. The van der Waals surface area contributed by atoms with Gasteiger partial charge in [0.25, 0.3) is 0 Å². The number of thiophene rings is 1. The third-order valence-electron chi connectivity index (χ3n) is 5.38. The lowest BCUT2D eigenvalue weighted by molar-refractivity contribution is 1.10. The van der Waals surface area contributed by atoms with Crippen LogP contribution >= 0.6 is 22.9 Å². The van der Waals surface area contributed by atoms with Gasteiger partial charge in [0.1, 0.15) is 16.7 Å². The van der Waals surface area contributed by atoms with E-state index in [2.05, 4.69) is 31.2 Å². The van der Waals surface area contributed by atoms with Crippen LogP contribution in [0.1, 0.15) is 0 Å². The van der Waals surface area contributed by atoms with Gasteiger partial charge in [0, 0.05) is 32.1 Å². The zero-order valence-corrected chi connectivity index (χ0v) is 19.2. The van der Waals surface area contributed by atoms with E-state index in [4.69, 9.17) is 21.6 Å². The molecule has 0 aliphatic carbocycles. The van der Waals surface area contributed by atoms with Crippen molar-refractivity contribution in [3.05, 3.63) is 59.3 Å². The first-order valence-corrected chi connectivity index (χ1v) is 11.3. The summed E-state index contributed by atoms with van der Waals surface area (Å²) in [6.45, 7) is 0. The Bertz CT molecular complexity index is 1630. The van der Waals surface area contributed by atoms with Crippen LogP contribution in [0.5, 0.6) is 0 Å². The van der Waals surface area contributed by atoms with Crippen molar-refractivity contribution < 1.29 is 0 Å². The minimum atomic E-state index is 0.623. The van der Waals surface area contributed by atoms with Gasteiger partial charge >= 0.3 is 0 Å². The van der Waals surface area contributed by atoms with E-state index in [1.54, 1.807) is 6.20 Å². The highest BCUT2D eigenvalue weighted by Crippen LogP contribution is 2.35. The molecule has 0 aromatic carbocycles. The minimum Gasteiger partial charge on any atom is -0.376 e. The van der Waals surface area contributed by atoms with Crippen molar-refractivity contribution in [2.24, 2.45) is 0 Å². The number of nitrogens with one attached hydrogen (secondary N) is 2. The zero-order valence-electron chi connectivity index (χ0n) is 17.7. The number of nitrogens with zero attached hydrogens (tertiary/aromatic N) is 6. The fraction of sp³-hybridized carbons (Fsp3) is 0.0870. The molecule has 6 aromatic heterocycles. The molecule has 10 heteroatoms. The van der Waals surface area contributed by atoms with E-state index in [0.717, 1.165) is 49.6 Å². The second-order valence-electron chi connectivity index (χ2n) is 7.74. The molecule has 8 nitrogen and oxygen atoms in total. The van der Waals surface area contributed by atoms with E-state index in [-0.39, 0.29) is 0 Å². The number of hydrogen-bond donors (Lipinski definition) is 2. The highest BCUT2D eigenvalue weighted by molar-refractivity contribution is 7.19. The molecule has 0 spiro atoms. The molecule has 0 fully saturated rings. The highest BCUT2D eigenvalue weighted by atomic mass is 35.5. The van der Waals surface area contributed by atoms with Crippen LogP contribution in [0.2, 0.25) is 4.34 Å². The van der Waals surface area contributed by atoms with E-state index in [1.165, 1.54) is 11.3 Å². The van der Waals surface area contributed by atoms with Crippen molar-refractivity contribution in [2.45, 2.75) is 0 Å². The first-order valence-electron chi connectivity index (χ1n) is 10.2. The molecule has 0 aliphatic heterocycles. The SMILES string of the molecule is CN(C)c1cncc(-c2ccc3[nH]nc(-c4nc5c(-c6ccc(Cl)s6)nccc5[nH]4)c3n2)c1. The van der Waals surface area contributed by atoms with Crippen LogP contribution in [0.25, 0.3) is 55.4 Å². The second-order valence-corrected chi connectivity index (χ2v) is 9.45. The van der Waals surface area contributed by atoms with Gasteiger partial charge < -0.3 is 9.88 Å². The quantitative estimate of drug-likeness (QED) is 0.356. The third kappa shape index (κ3) is 3.42. The maximum Gasteiger partial charge on any atom is 0.161 e. The van der Waals surface area contributed by atoms with Crippen LogP contribution in [0.4, 0.5) is 5.69 Å². The van der Waals surface area contributed by atoms with E-state index in [1.807, 2.05) is 61.7 Å². The largest absolute Gasteiger partial charge is 0.376 e. The van der Waals surface area contributed by atoms with Gasteiger partial charge in [-0.3, -0.25) is 15.1 Å². The summed E-state index contributed by atoms with van der Waals surface area (Å²) in [5, 5.41) is 7.57. The van der Waals surface area contributed by atoms with Crippen LogP contribution < -0.4 is 4.90 Å². The lowest BCUT2D eigenvalue weighted by Gasteiger charge is -2.12. The Morgan fingerprint density at radius 2 is 1.82 bits per heavy atom. The van der Waals surface area contributed by atoms with E-state index >= 15 is 0 Å². The first-order chi connectivity index (χ1) is 16.1. The van der Waals surface area contributed by atoms with Gasteiger partial charge in [-0.05, 0) is 36.4 Å². The molecule has 0 aliphatic rings. The third-order valence-corrected chi connectivity index (χ3v) is 6.61. The van der Waals surface area contributed by atoms with E-state index in [9.17, 15) is 0 Å². The summed E-state index contributed by atoms with van der Waals surface area (Å²) in [6, 6.07) is 11.7. The molecule has 6 rings (SSSR count). The molecule has 6 aromatic rings. The lowest BCUT2D eigenvalue weighted by Crippen LogP contribution is -2.08. The number of anilines is 1.